The van der Waals surface area contributed by atoms with E-state index in [0.29, 0.717) is 34.3 Å². The summed E-state index contributed by atoms with van der Waals surface area (Å²) < 4.78 is 28.8. The van der Waals surface area contributed by atoms with Crippen molar-refractivity contribution in [1.82, 2.24) is 19.9 Å². The Bertz CT molecular complexity index is 1230. The van der Waals surface area contributed by atoms with Gasteiger partial charge in [0, 0.05) is 35.5 Å². The van der Waals surface area contributed by atoms with Crippen LogP contribution in [0.15, 0.2) is 36.0 Å². The lowest BCUT2D eigenvalue weighted by Gasteiger charge is -2.12. The van der Waals surface area contributed by atoms with Crippen LogP contribution < -0.4 is 16.0 Å². The van der Waals surface area contributed by atoms with Gasteiger partial charge < -0.3 is 10.6 Å². The van der Waals surface area contributed by atoms with Crippen LogP contribution in [0, 0.1) is 17.6 Å². The van der Waals surface area contributed by atoms with E-state index in [1.807, 2.05) is 0 Å². The molecule has 3 N–H and O–H groups in total. The van der Waals surface area contributed by atoms with Gasteiger partial charge in [0.25, 0.3) is 5.91 Å². The Labute approximate surface area is 175 Å². The van der Waals surface area contributed by atoms with Gasteiger partial charge in [0.1, 0.15) is 23.3 Å². The Morgan fingerprint density at radius 3 is 2.61 bits per heavy atom. The third kappa shape index (κ3) is 4.09. The summed E-state index contributed by atoms with van der Waals surface area (Å²) in [5.41, 5.74) is 1.51. The van der Waals surface area contributed by atoms with Crippen LogP contribution >= 0.6 is 0 Å². The lowest BCUT2D eigenvalue weighted by molar-refractivity contribution is -0.124. The quantitative estimate of drug-likeness (QED) is 0.416. The molecule has 158 valence electrons. The van der Waals surface area contributed by atoms with Crippen LogP contribution in [0.25, 0.3) is 11.7 Å². The summed E-state index contributed by atoms with van der Waals surface area (Å²) in [7, 11) is 0. The molecule has 0 radical (unpaired) electrons. The van der Waals surface area contributed by atoms with Crippen LogP contribution in [0.2, 0.25) is 0 Å². The smallest absolute Gasteiger partial charge is 0.254 e. The van der Waals surface area contributed by atoms with Crippen molar-refractivity contribution >= 4 is 40.9 Å². The predicted octanol–water partition coefficient (Wildman–Crippen LogP) is 3.00. The van der Waals surface area contributed by atoms with E-state index < -0.39 is 17.5 Å². The molecule has 5 rings (SSSR count). The van der Waals surface area contributed by atoms with Crippen LogP contribution in [-0.2, 0) is 9.59 Å². The molecule has 2 amide bonds. The van der Waals surface area contributed by atoms with Gasteiger partial charge in [-0.15, -0.1) is 0 Å². The van der Waals surface area contributed by atoms with E-state index >= 15 is 0 Å². The summed E-state index contributed by atoms with van der Waals surface area (Å²) in [4.78, 5) is 27.9. The molecule has 8 nitrogen and oxygen atoms in total. The van der Waals surface area contributed by atoms with E-state index in [1.54, 1.807) is 22.9 Å². The number of benzene rings is 1. The van der Waals surface area contributed by atoms with Crippen LogP contribution in [0.4, 0.5) is 26.1 Å². The Balaban J connectivity index is 1.55. The molecule has 10 heteroatoms. The van der Waals surface area contributed by atoms with Gasteiger partial charge in [-0.2, -0.15) is 9.61 Å². The number of nitrogens with zero attached hydrogens (tertiary/aromatic N) is 3. The molecule has 0 atom stereocenters. The number of imide groups is 1. The fraction of sp³-hybridized carbons (Fsp3) is 0.238. The van der Waals surface area contributed by atoms with Crippen molar-refractivity contribution < 1.29 is 18.4 Å². The third-order valence-corrected chi connectivity index (χ3v) is 5.13. The molecule has 0 unspecified atom stereocenters. The predicted molar refractivity (Wildman–Crippen MR) is 110 cm³/mol. The number of amides is 2. The SMILES string of the molecule is O=C1C/C(=C/c2cnn3c(NCC4CC4)cc(Nc4cc(F)cc(F)c4)nc23)C(=O)N1. The van der Waals surface area contributed by atoms with Crippen molar-refractivity contribution in [2.75, 3.05) is 17.2 Å². The number of carbonyl (C=O) groups excluding carboxylic acids is 2. The summed E-state index contributed by atoms with van der Waals surface area (Å²) in [6.45, 7) is 0.764. The van der Waals surface area contributed by atoms with E-state index in [1.165, 1.54) is 12.1 Å². The summed E-state index contributed by atoms with van der Waals surface area (Å²) >= 11 is 0. The lowest BCUT2D eigenvalue weighted by atomic mass is 10.1. The normalized spacial score (nSPS) is 17.4. The molecule has 2 fully saturated rings. The van der Waals surface area contributed by atoms with E-state index in [0.717, 1.165) is 25.5 Å². The summed E-state index contributed by atoms with van der Waals surface area (Å²) in [5.74, 6) is -0.619. The highest BCUT2D eigenvalue weighted by atomic mass is 19.1. The second kappa shape index (κ2) is 7.46. The number of anilines is 3. The highest BCUT2D eigenvalue weighted by Crippen LogP contribution is 2.30. The van der Waals surface area contributed by atoms with Crippen molar-refractivity contribution in [2.24, 2.45) is 5.92 Å². The van der Waals surface area contributed by atoms with Gasteiger partial charge in [0.2, 0.25) is 5.91 Å². The standard InChI is InChI=1S/C21H18F2N6O2/c22-14-5-15(23)7-16(6-14)26-17-8-18(24-9-11-1-2-11)29-20(27-17)13(10-25-29)3-12-4-19(30)28-21(12)31/h3,5-8,10-11,24H,1-2,4,9H2,(H,26,27)(H,28,30,31)/b12-3-. The molecule has 2 aromatic heterocycles. The number of hydrogen-bond donors (Lipinski definition) is 3. The molecule has 2 aliphatic rings. The molecule has 31 heavy (non-hydrogen) atoms. The molecule has 1 aromatic carbocycles. The van der Waals surface area contributed by atoms with Crippen LogP contribution in [-0.4, -0.2) is 33.0 Å². The van der Waals surface area contributed by atoms with Gasteiger partial charge in [0.05, 0.1) is 12.6 Å². The monoisotopic (exact) mass is 424 g/mol. The van der Waals surface area contributed by atoms with Gasteiger partial charge in [-0.1, -0.05) is 0 Å². The van der Waals surface area contributed by atoms with Gasteiger partial charge >= 0.3 is 0 Å². The molecule has 0 spiro atoms. The topological polar surface area (TPSA) is 100 Å². The molecule has 1 aliphatic carbocycles. The fourth-order valence-electron chi connectivity index (χ4n) is 3.43. The molecular weight excluding hydrogens is 406 g/mol. The first-order valence-corrected chi connectivity index (χ1v) is 9.85. The van der Waals surface area contributed by atoms with Gasteiger partial charge in [-0.25, -0.2) is 13.8 Å². The largest absolute Gasteiger partial charge is 0.370 e. The number of fused-ring (bicyclic) bond motifs is 1. The zero-order valence-corrected chi connectivity index (χ0v) is 16.3. The Morgan fingerprint density at radius 2 is 1.94 bits per heavy atom. The van der Waals surface area contributed by atoms with Crippen LogP contribution in [0.1, 0.15) is 24.8 Å². The first-order chi connectivity index (χ1) is 14.9. The molecule has 3 heterocycles. The number of rotatable bonds is 6. The van der Waals surface area contributed by atoms with E-state index in [-0.39, 0.29) is 18.0 Å². The minimum absolute atomic E-state index is 0.0104. The average molecular weight is 424 g/mol. The minimum Gasteiger partial charge on any atom is -0.370 e. The maximum atomic E-state index is 13.6. The fourth-order valence-corrected chi connectivity index (χ4v) is 3.43. The zero-order chi connectivity index (χ0) is 21.5. The minimum atomic E-state index is -0.706. The van der Waals surface area contributed by atoms with Gasteiger partial charge in [-0.05, 0) is 37.0 Å². The molecule has 3 aromatic rings. The highest BCUT2D eigenvalue weighted by molar-refractivity contribution is 6.15. The number of aromatic nitrogens is 3. The lowest BCUT2D eigenvalue weighted by Crippen LogP contribution is -2.19. The zero-order valence-electron chi connectivity index (χ0n) is 16.3. The molecule has 1 aliphatic heterocycles. The Morgan fingerprint density at radius 1 is 1.16 bits per heavy atom. The summed E-state index contributed by atoms with van der Waals surface area (Å²) in [6, 6.07) is 4.83. The summed E-state index contributed by atoms with van der Waals surface area (Å²) in [5, 5.41) is 12.9. The first-order valence-electron chi connectivity index (χ1n) is 9.85. The van der Waals surface area contributed by atoms with Crippen molar-refractivity contribution in [3.05, 3.63) is 53.2 Å². The maximum Gasteiger partial charge on any atom is 0.254 e. The van der Waals surface area contributed by atoms with Crippen molar-refractivity contribution in [2.45, 2.75) is 19.3 Å². The Kier molecular flexibility index (Phi) is 4.61. The number of halogens is 2. The van der Waals surface area contributed by atoms with Gasteiger partial charge in [-0.3, -0.25) is 14.9 Å². The molecule has 1 saturated carbocycles. The number of hydrogen-bond acceptors (Lipinski definition) is 6. The average Bonchev–Trinajstić information content (AvgIpc) is 3.36. The van der Waals surface area contributed by atoms with Crippen molar-refractivity contribution in [3.63, 3.8) is 0 Å². The molecule has 1 saturated heterocycles. The number of nitrogens with one attached hydrogen (secondary N) is 3. The third-order valence-electron chi connectivity index (χ3n) is 5.13. The second-order valence-electron chi connectivity index (χ2n) is 7.69. The summed E-state index contributed by atoms with van der Waals surface area (Å²) in [6.07, 6.45) is 5.44. The molecular formula is C21H18F2N6O2. The number of carbonyl (C=O) groups is 2. The van der Waals surface area contributed by atoms with Crippen molar-refractivity contribution in [3.8, 4) is 0 Å². The molecule has 0 bridgehead atoms. The van der Waals surface area contributed by atoms with E-state index in [9.17, 15) is 18.4 Å². The van der Waals surface area contributed by atoms with Crippen molar-refractivity contribution in [1.29, 1.82) is 0 Å². The van der Waals surface area contributed by atoms with E-state index in [4.69, 9.17) is 0 Å². The Hall–Kier alpha value is -3.82. The highest BCUT2D eigenvalue weighted by Gasteiger charge is 2.25. The maximum absolute atomic E-state index is 13.6. The first kappa shape index (κ1) is 19.2. The van der Waals surface area contributed by atoms with Gasteiger partial charge in [0.15, 0.2) is 5.65 Å². The van der Waals surface area contributed by atoms with E-state index in [2.05, 4.69) is 26.0 Å². The van der Waals surface area contributed by atoms with Crippen LogP contribution in [0.3, 0.4) is 0 Å². The second-order valence-corrected chi connectivity index (χ2v) is 7.69. The van der Waals surface area contributed by atoms with Crippen LogP contribution in [0.5, 0.6) is 0 Å².